The number of hydrogen-bond acceptors (Lipinski definition) is 7. The standard InChI is InChI=1S/C23H29N4O8/c24-16(12-20(31)32)21(33)26-18(11-14-5-2-1-3-6-14)22(34)25-17(8-9-19(29)30)23(35)27-10-4-7-15(27)13-28/h1-3,5-6,15-18H,4,7-12,24H2,(H,25,34)(H,26,33)(H,29,30)(H,31,32)/t15-,16-,17-,18-/m0/s1. The molecule has 1 saturated heterocycles. The van der Waals surface area contributed by atoms with E-state index in [9.17, 15) is 28.8 Å². The summed E-state index contributed by atoms with van der Waals surface area (Å²) in [6, 6.07) is 3.98. The summed E-state index contributed by atoms with van der Waals surface area (Å²) in [5, 5.41) is 22.9. The summed E-state index contributed by atoms with van der Waals surface area (Å²) in [4.78, 5) is 73.1. The number of benzene rings is 1. The lowest BCUT2D eigenvalue weighted by Crippen LogP contribution is -2.57. The van der Waals surface area contributed by atoms with Crippen LogP contribution in [-0.4, -0.2) is 81.8 Å². The minimum atomic E-state index is -1.41. The van der Waals surface area contributed by atoms with Crippen LogP contribution in [0.1, 0.15) is 37.7 Å². The summed E-state index contributed by atoms with van der Waals surface area (Å²) in [5.41, 5.74) is 6.29. The number of nitrogens with one attached hydrogen (secondary N) is 2. The van der Waals surface area contributed by atoms with Crippen molar-refractivity contribution >= 4 is 35.9 Å². The quantitative estimate of drug-likeness (QED) is 0.230. The number of amides is 3. The monoisotopic (exact) mass is 489 g/mol. The molecule has 12 nitrogen and oxygen atoms in total. The van der Waals surface area contributed by atoms with Gasteiger partial charge in [0.25, 0.3) is 0 Å². The summed E-state index contributed by atoms with van der Waals surface area (Å²) in [5.74, 6) is -4.72. The molecule has 1 aliphatic rings. The predicted molar refractivity (Wildman–Crippen MR) is 122 cm³/mol. The van der Waals surface area contributed by atoms with Crippen molar-refractivity contribution in [3.63, 3.8) is 0 Å². The van der Waals surface area contributed by atoms with E-state index in [2.05, 4.69) is 10.6 Å². The first-order valence-corrected chi connectivity index (χ1v) is 11.1. The van der Waals surface area contributed by atoms with E-state index in [0.717, 1.165) is 0 Å². The van der Waals surface area contributed by atoms with Crippen LogP contribution in [0.25, 0.3) is 0 Å². The molecule has 1 aromatic carbocycles. The fraction of sp³-hybridized carbons (Fsp3) is 0.478. The molecule has 0 saturated carbocycles. The number of carbonyl (C=O) groups is 5. The zero-order valence-corrected chi connectivity index (χ0v) is 19.0. The maximum absolute atomic E-state index is 13.2. The van der Waals surface area contributed by atoms with Crippen molar-refractivity contribution in [2.75, 3.05) is 6.54 Å². The van der Waals surface area contributed by atoms with E-state index < -0.39 is 66.7 Å². The van der Waals surface area contributed by atoms with Crippen LogP contribution in [0, 0.1) is 0 Å². The molecule has 189 valence electrons. The summed E-state index contributed by atoms with van der Waals surface area (Å²) in [6.07, 6.45) is 1.48. The average Bonchev–Trinajstić information content (AvgIpc) is 3.29. The largest absolute Gasteiger partial charge is 0.481 e. The maximum atomic E-state index is 13.2. The second-order valence-electron chi connectivity index (χ2n) is 8.26. The Kier molecular flexibility index (Phi) is 10.3. The number of nitrogens with zero attached hydrogens (tertiary/aromatic N) is 1. The van der Waals surface area contributed by atoms with Crippen LogP contribution in [0.4, 0.5) is 0 Å². The number of carbonyl (C=O) groups excluding carboxylic acids is 4. The van der Waals surface area contributed by atoms with Gasteiger partial charge in [0.15, 0.2) is 0 Å². The minimum absolute atomic E-state index is 0.00645. The highest BCUT2D eigenvalue weighted by atomic mass is 16.4. The third-order valence-corrected chi connectivity index (χ3v) is 5.58. The molecule has 4 atom stereocenters. The highest BCUT2D eigenvalue weighted by Crippen LogP contribution is 2.18. The molecule has 1 aliphatic heterocycles. The van der Waals surface area contributed by atoms with Gasteiger partial charge in [-0.1, -0.05) is 30.3 Å². The topological polar surface area (TPSA) is 196 Å². The highest BCUT2D eigenvalue weighted by Gasteiger charge is 2.36. The van der Waals surface area contributed by atoms with Gasteiger partial charge in [-0.3, -0.25) is 28.8 Å². The second-order valence-corrected chi connectivity index (χ2v) is 8.26. The third-order valence-electron chi connectivity index (χ3n) is 5.58. The summed E-state index contributed by atoms with van der Waals surface area (Å²) < 4.78 is 0. The minimum Gasteiger partial charge on any atom is -0.481 e. The van der Waals surface area contributed by atoms with Crippen LogP contribution in [0.3, 0.4) is 0 Å². The Balaban J connectivity index is 2.23. The lowest BCUT2D eigenvalue weighted by Gasteiger charge is -2.28. The van der Waals surface area contributed by atoms with Crippen molar-refractivity contribution in [1.82, 2.24) is 15.5 Å². The van der Waals surface area contributed by atoms with E-state index >= 15 is 0 Å². The van der Waals surface area contributed by atoms with Crippen molar-refractivity contribution in [3.05, 3.63) is 35.9 Å². The first-order chi connectivity index (χ1) is 16.6. The smallest absolute Gasteiger partial charge is 0.305 e. The van der Waals surface area contributed by atoms with E-state index in [-0.39, 0.29) is 19.4 Å². The Labute approximate surface area is 201 Å². The van der Waals surface area contributed by atoms with E-state index in [0.29, 0.717) is 18.4 Å². The summed E-state index contributed by atoms with van der Waals surface area (Å²) >= 11 is 0. The molecular formula is C23H29N4O8. The van der Waals surface area contributed by atoms with Crippen molar-refractivity contribution in [1.29, 1.82) is 0 Å². The van der Waals surface area contributed by atoms with Gasteiger partial charge in [-0.05, 0) is 24.8 Å². The molecule has 12 heteroatoms. The molecule has 35 heavy (non-hydrogen) atoms. The lowest BCUT2D eigenvalue weighted by atomic mass is 10.0. The molecule has 6 N–H and O–H groups in total. The number of hydrogen-bond donors (Lipinski definition) is 5. The molecule has 0 aromatic heterocycles. The average molecular weight is 490 g/mol. The van der Waals surface area contributed by atoms with Gasteiger partial charge >= 0.3 is 11.9 Å². The maximum Gasteiger partial charge on any atom is 0.305 e. The van der Waals surface area contributed by atoms with Gasteiger partial charge in [-0.25, -0.2) is 0 Å². The molecule has 1 aromatic rings. The Bertz CT molecular complexity index is 939. The normalized spacial score (nSPS) is 17.6. The molecule has 0 spiro atoms. The van der Waals surface area contributed by atoms with Crippen molar-refractivity contribution in [3.8, 4) is 0 Å². The fourth-order valence-corrected chi connectivity index (χ4v) is 3.77. The Morgan fingerprint density at radius 2 is 1.69 bits per heavy atom. The van der Waals surface area contributed by atoms with Crippen molar-refractivity contribution in [2.45, 2.75) is 62.7 Å². The molecule has 1 heterocycles. The van der Waals surface area contributed by atoms with Gasteiger partial charge in [-0.2, -0.15) is 0 Å². The molecule has 1 radical (unpaired) electrons. The SMILES string of the molecule is N[C@@H](CC(=O)O)C(=O)N[C@@H](Cc1ccccc1)C(=O)N[C@@H](CCC(=O)O)C(=O)N1CCC[C@H]1[C]=O. The van der Waals surface area contributed by atoms with Crippen LogP contribution in [-0.2, 0) is 35.2 Å². The highest BCUT2D eigenvalue weighted by molar-refractivity contribution is 5.94. The fourth-order valence-electron chi connectivity index (χ4n) is 3.77. The van der Waals surface area contributed by atoms with Gasteiger partial charge in [0.1, 0.15) is 12.1 Å². The number of carboxylic acid groups (broad SMARTS) is 2. The molecule has 1 fully saturated rings. The first-order valence-electron chi connectivity index (χ1n) is 11.1. The Morgan fingerprint density at radius 1 is 1.03 bits per heavy atom. The summed E-state index contributed by atoms with van der Waals surface area (Å²) in [6.45, 7) is 0.270. The number of aliphatic carboxylic acids is 2. The van der Waals surface area contributed by atoms with Crippen LogP contribution < -0.4 is 16.4 Å². The zero-order chi connectivity index (χ0) is 26.0. The molecule has 0 bridgehead atoms. The molecular weight excluding hydrogens is 460 g/mol. The number of likely N-dealkylation sites (tertiary alicyclic amines) is 1. The molecule has 3 amide bonds. The van der Waals surface area contributed by atoms with Crippen molar-refractivity contribution in [2.24, 2.45) is 5.73 Å². The number of nitrogens with two attached hydrogens (primary N) is 1. The summed E-state index contributed by atoms with van der Waals surface area (Å²) in [7, 11) is 0. The van der Waals surface area contributed by atoms with Gasteiger partial charge in [0.2, 0.25) is 24.0 Å². The van der Waals surface area contributed by atoms with Crippen LogP contribution >= 0.6 is 0 Å². The van der Waals surface area contributed by atoms with E-state index in [4.69, 9.17) is 15.9 Å². The predicted octanol–water partition coefficient (Wildman–Crippen LogP) is -1.03. The number of rotatable bonds is 13. The van der Waals surface area contributed by atoms with E-state index in [1.165, 1.54) is 4.90 Å². The zero-order valence-electron chi connectivity index (χ0n) is 19.0. The van der Waals surface area contributed by atoms with Crippen LogP contribution in [0.2, 0.25) is 0 Å². The molecule has 0 unspecified atom stereocenters. The molecule has 0 aliphatic carbocycles. The van der Waals surface area contributed by atoms with Gasteiger partial charge < -0.3 is 31.5 Å². The Morgan fingerprint density at radius 3 is 2.29 bits per heavy atom. The van der Waals surface area contributed by atoms with Crippen LogP contribution in [0.5, 0.6) is 0 Å². The lowest BCUT2D eigenvalue weighted by molar-refractivity contribution is -0.141. The van der Waals surface area contributed by atoms with Crippen LogP contribution in [0.15, 0.2) is 30.3 Å². The molecule has 2 rings (SSSR count). The second kappa shape index (κ2) is 13.2. The van der Waals surface area contributed by atoms with E-state index in [1.807, 2.05) is 0 Å². The van der Waals surface area contributed by atoms with Gasteiger partial charge in [0.05, 0.1) is 18.5 Å². The van der Waals surface area contributed by atoms with Crippen molar-refractivity contribution < 1.29 is 39.0 Å². The Hall–Kier alpha value is -3.80. The van der Waals surface area contributed by atoms with Gasteiger partial charge in [-0.15, -0.1) is 0 Å². The third kappa shape index (κ3) is 8.49. The van der Waals surface area contributed by atoms with E-state index in [1.54, 1.807) is 36.6 Å². The van der Waals surface area contributed by atoms with Gasteiger partial charge in [0, 0.05) is 19.4 Å². The first kappa shape index (κ1) is 27.4. The number of carboxylic acids is 2.